The normalized spacial score (nSPS) is 14.4. The van der Waals surface area contributed by atoms with Gasteiger partial charge in [-0.2, -0.15) is 0 Å². The van der Waals surface area contributed by atoms with Crippen molar-refractivity contribution in [1.82, 2.24) is 0 Å². The first-order chi connectivity index (χ1) is 19.5. The monoisotopic (exact) mass is 680 g/mol. The third kappa shape index (κ3) is 7.20. The van der Waals surface area contributed by atoms with E-state index in [0.29, 0.717) is 11.3 Å². The van der Waals surface area contributed by atoms with E-state index < -0.39 is 17.1 Å². The molecule has 0 aliphatic carbocycles. The number of Topliss-reactive ketones (excluding diaryl/α,β-unsaturated/α-hetero) is 1. The highest BCUT2D eigenvalue weighted by Gasteiger charge is 2.30. The van der Waals surface area contributed by atoms with Crippen LogP contribution in [0.5, 0.6) is 11.5 Å². The highest BCUT2D eigenvalue weighted by molar-refractivity contribution is 9.10. The number of benzene rings is 4. The number of nitrogens with zero attached hydrogens (tertiary/aromatic N) is 1. The van der Waals surface area contributed by atoms with Crippen LogP contribution < -0.4 is 14.8 Å². The summed E-state index contributed by atoms with van der Waals surface area (Å²) in [6.45, 7) is 5.24. The summed E-state index contributed by atoms with van der Waals surface area (Å²) in [6, 6.07) is 24.8. The number of nitro benzene ring substituents is 1. The number of hydrogen-bond acceptors (Lipinski definition) is 6. The molecule has 41 heavy (non-hydrogen) atoms. The molecule has 1 heterocycles. The molecular formula is C31H26Br2N2O6. The summed E-state index contributed by atoms with van der Waals surface area (Å²) in [5.74, 6) is 0.415. The Morgan fingerprint density at radius 3 is 2.29 bits per heavy atom. The van der Waals surface area contributed by atoms with Crippen LogP contribution in [0.15, 0.2) is 93.9 Å². The molecule has 0 spiro atoms. The first kappa shape index (κ1) is 30.0. The Hall–Kier alpha value is -4.02. The predicted octanol–water partition coefficient (Wildman–Crippen LogP) is 8.20. The van der Waals surface area contributed by atoms with Gasteiger partial charge in [0.25, 0.3) is 5.91 Å². The van der Waals surface area contributed by atoms with Gasteiger partial charge in [-0.1, -0.05) is 68.3 Å². The van der Waals surface area contributed by atoms with E-state index >= 15 is 0 Å². The standard InChI is InChI=1S/C16H14BrNO4.C15H12BrNO2/c1-10-7-8-12(17)9-13(10)16(11(2)19)22-15-6-4-3-5-14(15)18(20)21;1-9-6-7-10(16)8-11(9)14-15(18)17-12-4-2-3-5-13(12)19-14/h3-9,16H,1-2H3;2-8,14H,1H3,(H,17,18)/t16-;14-/m10/s1. The van der Waals surface area contributed by atoms with Gasteiger partial charge in [0.1, 0.15) is 5.75 Å². The number of carbonyl (C=O) groups excluding carboxylic acids is 2. The number of para-hydroxylation sites is 4. The van der Waals surface area contributed by atoms with Crippen LogP contribution in [0.3, 0.4) is 0 Å². The summed E-state index contributed by atoms with van der Waals surface area (Å²) >= 11 is 6.79. The van der Waals surface area contributed by atoms with Crippen LogP contribution in [0.25, 0.3) is 0 Å². The average molecular weight is 682 g/mol. The van der Waals surface area contributed by atoms with Crippen molar-refractivity contribution < 1.29 is 24.0 Å². The maximum absolute atomic E-state index is 12.2. The van der Waals surface area contributed by atoms with Crippen molar-refractivity contribution >= 4 is 54.9 Å². The van der Waals surface area contributed by atoms with E-state index in [-0.39, 0.29) is 23.1 Å². The van der Waals surface area contributed by atoms with Gasteiger partial charge in [0, 0.05) is 26.1 Å². The summed E-state index contributed by atoms with van der Waals surface area (Å²) in [5.41, 5.74) is 4.02. The third-order valence-corrected chi connectivity index (χ3v) is 7.34. The van der Waals surface area contributed by atoms with Crippen LogP contribution in [0.2, 0.25) is 0 Å². The van der Waals surface area contributed by atoms with Crippen LogP contribution in [-0.4, -0.2) is 16.6 Å². The second-order valence-electron chi connectivity index (χ2n) is 9.32. The fraction of sp³-hybridized carbons (Fsp3) is 0.161. The molecule has 0 bridgehead atoms. The minimum atomic E-state index is -0.890. The van der Waals surface area contributed by atoms with Gasteiger partial charge in [0.15, 0.2) is 17.6 Å². The Bertz CT molecular complexity index is 1620. The number of carbonyl (C=O) groups is 2. The van der Waals surface area contributed by atoms with Crippen molar-refractivity contribution in [2.45, 2.75) is 33.0 Å². The minimum Gasteiger partial charge on any atom is -0.474 e. The predicted molar refractivity (Wildman–Crippen MR) is 163 cm³/mol. The molecule has 5 rings (SSSR count). The molecule has 0 saturated carbocycles. The van der Waals surface area contributed by atoms with E-state index in [1.54, 1.807) is 18.2 Å². The molecule has 2 atom stereocenters. The van der Waals surface area contributed by atoms with Gasteiger partial charge >= 0.3 is 5.69 Å². The summed E-state index contributed by atoms with van der Waals surface area (Å²) in [6.07, 6.45) is -1.49. The lowest BCUT2D eigenvalue weighted by molar-refractivity contribution is -0.386. The first-order valence-electron chi connectivity index (χ1n) is 12.5. The number of hydrogen-bond donors (Lipinski definition) is 1. The topological polar surface area (TPSA) is 108 Å². The Morgan fingerprint density at radius 1 is 0.951 bits per heavy atom. The molecular weight excluding hydrogens is 656 g/mol. The van der Waals surface area contributed by atoms with Crippen LogP contribution in [0.1, 0.15) is 41.4 Å². The molecule has 0 fully saturated rings. The molecule has 1 amide bonds. The lowest BCUT2D eigenvalue weighted by Crippen LogP contribution is -2.30. The van der Waals surface area contributed by atoms with E-state index in [1.165, 1.54) is 19.1 Å². The minimum absolute atomic E-state index is 0.0760. The van der Waals surface area contributed by atoms with Crippen LogP contribution >= 0.6 is 31.9 Å². The zero-order valence-corrected chi connectivity index (χ0v) is 25.6. The van der Waals surface area contributed by atoms with Gasteiger partial charge in [0.2, 0.25) is 6.10 Å². The summed E-state index contributed by atoms with van der Waals surface area (Å²) in [4.78, 5) is 34.7. The van der Waals surface area contributed by atoms with E-state index in [2.05, 4.69) is 37.2 Å². The SMILES string of the molecule is CC(=O)[C@@H](Oc1ccccc1[N+](=O)[O-])c1cc(Br)ccc1C.Cc1ccc(Br)cc1[C@@H]1Oc2ccccc2NC1=O. The van der Waals surface area contributed by atoms with E-state index in [0.717, 1.165) is 31.3 Å². The summed E-state index contributed by atoms with van der Waals surface area (Å²) in [5, 5.41) is 13.9. The number of halogens is 2. The smallest absolute Gasteiger partial charge is 0.310 e. The van der Waals surface area contributed by atoms with Crippen molar-refractivity contribution in [3.8, 4) is 11.5 Å². The average Bonchev–Trinajstić information content (AvgIpc) is 2.94. The van der Waals surface area contributed by atoms with Crippen LogP contribution in [0, 0.1) is 24.0 Å². The molecule has 0 unspecified atom stereocenters. The molecule has 0 aromatic heterocycles. The van der Waals surface area contributed by atoms with Crippen molar-refractivity contribution in [3.05, 3.63) is 126 Å². The molecule has 4 aromatic carbocycles. The molecule has 1 aliphatic rings. The number of nitrogens with one attached hydrogen (secondary N) is 1. The lowest BCUT2D eigenvalue weighted by Gasteiger charge is -2.27. The van der Waals surface area contributed by atoms with Crippen molar-refractivity contribution in [1.29, 1.82) is 0 Å². The zero-order chi connectivity index (χ0) is 29.7. The van der Waals surface area contributed by atoms with Crippen LogP contribution in [0.4, 0.5) is 11.4 Å². The molecule has 0 saturated heterocycles. The highest BCUT2D eigenvalue weighted by Crippen LogP contribution is 2.36. The van der Waals surface area contributed by atoms with Crippen LogP contribution in [-0.2, 0) is 9.59 Å². The van der Waals surface area contributed by atoms with E-state index in [9.17, 15) is 19.7 Å². The third-order valence-electron chi connectivity index (χ3n) is 6.35. The number of fused-ring (bicyclic) bond motifs is 1. The quantitative estimate of drug-likeness (QED) is 0.162. The molecule has 4 aromatic rings. The van der Waals surface area contributed by atoms with Gasteiger partial charge in [-0.25, -0.2) is 0 Å². The van der Waals surface area contributed by atoms with Crippen molar-refractivity contribution in [2.24, 2.45) is 0 Å². The van der Waals surface area contributed by atoms with Crippen molar-refractivity contribution in [3.63, 3.8) is 0 Å². The van der Waals surface area contributed by atoms with Gasteiger partial charge in [-0.3, -0.25) is 19.7 Å². The second kappa shape index (κ2) is 13.1. The second-order valence-corrected chi connectivity index (χ2v) is 11.1. The maximum atomic E-state index is 12.2. The van der Waals surface area contributed by atoms with Crippen molar-refractivity contribution in [2.75, 3.05) is 5.32 Å². The van der Waals surface area contributed by atoms with E-state index in [1.807, 2.05) is 68.4 Å². The van der Waals surface area contributed by atoms with Gasteiger partial charge in [-0.05, 0) is 74.4 Å². The molecule has 0 radical (unpaired) electrons. The number of aryl methyl sites for hydroxylation is 2. The van der Waals surface area contributed by atoms with Gasteiger partial charge in [0.05, 0.1) is 10.6 Å². The molecule has 10 heteroatoms. The number of rotatable bonds is 6. The van der Waals surface area contributed by atoms with E-state index in [4.69, 9.17) is 9.47 Å². The fourth-order valence-electron chi connectivity index (χ4n) is 4.24. The molecule has 8 nitrogen and oxygen atoms in total. The Labute approximate surface area is 254 Å². The van der Waals surface area contributed by atoms with Gasteiger partial charge < -0.3 is 14.8 Å². The fourth-order valence-corrected chi connectivity index (χ4v) is 5.00. The lowest BCUT2D eigenvalue weighted by atomic mass is 10.0. The highest BCUT2D eigenvalue weighted by atomic mass is 79.9. The molecule has 1 aliphatic heterocycles. The number of ketones is 1. The Kier molecular flexibility index (Phi) is 9.57. The maximum Gasteiger partial charge on any atom is 0.310 e. The Morgan fingerprint density at radius 2 is 1.59 bits per heavy atom. The zero-order valence-electron chi connectivity index (χ0n) is 22.4. The number of anilines is 1. The molecule has 1 N–H and O–H groups in total. The Balaban J connectivity index is 0.000000191. The van der Waals surface area contributed by atoms with Gasteiger partial charge in [-0.15, -0.1) is 0 Å². The number of nitro groups is 1. The largest absolute Gasteiger partial charge is 0.474 e. The summed E-state index contributed by atoms with van der Waals surface area (Å²) < 4.78 is 13.3. The summed E-state index contributed by atoms with van der Waals surface area (Å²) in [7, 11) is 0. The number of ether oxygens (including phenoxy) is 2. The first-order valence-corrected chi connectivity index (χ1v) is 14.1. The number of amides is 1. The molecule has 210 valence electrons.